The summed E-state index contributed by atoms with van der Waals surface area (Å²) in [5, 5.41) is 0. The van der Waals surface area contributed by atoms with Gasteiger partial charge in [0.1, 0.15) is 0 Å². The normalized spacial score (nSPS) is 56.7. The second kappa shape index (κ2) is 1.50. The van der Waals surface area contributed by atoms with E-state index in [2.05, 4.69) is 0 Å². The molecular weight excluding hydrogens is 112 g/mol. The van der Waals surface area contributed by atoms with E-state index in [1.54, 1.807) is 0 Å². The summed E-state index contributed by atoms with van der Waals surface area (Å²) in [5.74, 6) is 0.874. The van der Waals surface area contributed by atoms with Crippen LogP contribution in [-0.2, 0) is 0 Å². The van der Waals surface area contributed by atoms with Gasteiger partial charge in [-0.2, -0.15) is 0 Å². The molecule has 3 rings (SSSR count). The lowest BCUT2D eigenvalue weighted by molar-refractivity contribution is 0.0640. The predicted octanol–water partition coefficient (Wildman–Crippen LogP) is 0.215. The minimum Gasteiger partial charge on any atom is -0.328 e. The number of nitrogens with two attached hydrogens (primary N) is 2. The molecule has 9 heavy (non-hydrogen) atoms. The average molecular weight is 126 g/mol. The quantitative estimate of drug-likeness (QED) is 0.487. The molecular formula is C7H14N2. The molecule has 52 valence electrons. The first kappa shape index (κ1) is 5.69. The number of hydrogen-bond acceptors (Lipinski definition) is 2. The SMILES string of the molecule is NC1CC2CC(N)(C1)C2. The van der Waals surface area contributed by atoms with Crippen LogP contribution in [0.1, 0.15) is 25.7 Å². The predicted molar refractivity (Wildman–Crippen MR) is 36.9 cm³/mol. The molecule has 0 aromatic carbocycles. The maximum atomic E-state index is 5.95. The first-order valence-corrected chi connectivity index (χ1v) is 3.72. The molecule has 2 nitrogen and oxygen atoms in total. The molecule has 3 aliphatic carbocycles. The zero-order valence-electron chi connectivity index (χ0n) is 5.64. The van der Waals surface area contributed by atoms with E-state index in [1.807, 2.05) is 0 Å². The third-order valence-electron chi connectivity index (χ3n) is 2.70. The van der Waals surface area contributed by atoms with E-state index in [4.69, 9.17) is 11.5 Å². The molecule has 0 aromatic rings. The summed E-state index contributed by atoms with van der Waals surface area (Å²) in [5.41, 5.74) is 11.9. The van der Waals surface area contributed by atoms with Crippen molar-refractivity contribution in [2.75, 3.05) is 0 Å². The van der Waals surface area contributed by atoms with Crippen LogP contribution in [0.2, 0.25) is 0 Å². The van der Waals surface area contributed by atoms with Crippen molar-refractivity contribution >= 4 is 0 Å². The van der Waals surface area contributed by atoms with E-state index in [1.165, 1.54) is 19.3 Å². The first-order valence-electron chi connectivity index (χ1n) is 3.72. The van der Waals surface area contributed by atoms with E-state index in [9.17, 15) is 0 Å². The summed E-state index contributed by atoms with van der Waals surface area (Å²) in [6.45, 7) is 0. The van der Waals surface area contributed by atoms with Gasteiger partial charge in [0.25, 0.3) is 0 Å². The van der Waals surface area contributed by atoms with Crippen LogP contribution in [0.5, 0.6) is 0 Å². The Morgan fingerprint density at radius 1 is 1.22 bits per heavy atom. The molecule has 3 saturated carbocycles. The van der Waals surface area contributed by atoms with Crippen molar-refractivity contribution < 1.29 is 0 Å². The van der Waals surface area contributed by atoms with E-state index in [-0.39, 0.29) is 5.54 Å². The Kier molecular flexibility index (Phi) is 0.945. The van der Waals surface area contributed by atoms with E-state index in [0.29, 0.717) is 6.04 Å². The van der Waals surface area contributed by atoms with Crippen molar-refractivity contribution in [3.63, 3.8) is 0 Å². The molecule has 0 aliphatic heterocycles. The lowest BCUT2D eigenvalue weighted by Crippen LogP contribution is -2.60. The van der Waals surface area contributed by atoms with Gasteiger partial charge < -0.3 is 11.5 Å². The van der Waals surface area contributed by atoms with Gasteiger partial charge in [-0.05, 0) is 31.6 Å². The highest BCUT2D eigenvalue weighted by Gasteiger charge is 2.46. The Morgan fingerprint density at radius 2 is 1.89 bits per heavy atom. The molecule has 0 radical (unpaired) electrons. The van der Waals surface area contributed by atoms with Crippen LogP contribution in [-0.4, -0.2) is 11.6 Å². The topological polar surface area (TPSA) is 52.0 Å². The summed E-state index contributed by atoms with van der Waals surface area (Å²) in [4.78, 5) is 0. The van der Waals surface area contributed by atoms with E-state index >= 15 is 0 Å². The third kappa shape index (κ3) is 0.775. The Balaban J connectivity index is 2.05. The molecule has 3 aliphatic rings. The zero-order valence-corrected chi connectivity index (χ0v) is 5.64. The van der Waals surface area contributed by atoms with Gasteiger partial charge in [-0.3, -0.25) is 0 Å². The zero-order chi connectivity index (χ0) is 6.48. The van der Waals surface area contributed by atoms with Crippen molar-refractivity contribution in [3.05, 3.63) is 0 Å². The Morgan fingerprint density at radius 3 is 2.22 bits per heavy atom. The first-order chi connectivity index (χ1) is 4.18. The van der Waals surface area contributed by atoms with Crippen molar-refractivity contribution in [1.82, 2.24) is 0 Å². The van der Waals surface area contributed by atoms with Crippen molar-refractivity contribution in [2.24, 2.45) is 17.4 Å². The van der Waals surface area contributed by atoms with Gasteiger partial charge >= 0.3 is 0 Å². The summed E-state index contributed by atoms with van der Waals surface area (Å²) in [6, 6.07) is 0.405. The van der Waals surface area contributed by atoms with Gasteiger partial charge in [0.15, 0.2) is 0 Å². The molecule has 1 atom stereocenters. The van der Waals surface area contributed by atoms with Crippen LogP contribution in [0.25, 0.3) is 0 Å². The fourth-order valence-electron chi connectivity index (χ4n) is 2.46. The van der Waals surface area contributed by atoms with Crippen LogP contribution >= 0.6 is 0 Å². The van der Waals surface area contributed by atoms with Crippen molar-refractivity contribution in [3.8, 4) is 0 Å². The fourth-order valence-corrected chi connectivity index (χ4v) is 2.46. The molecule has 0 heterocycles. The lowest BCUT2D eigenvalue weighted by atomic mass is 9.59. The van der Waals surface area contributed by atoms with Gasteiger partial charge in [-0.25, -0.2) is 0 Å². The van der Waals surface area contributed by atoms with E-state index in [0.717, 1.165) is 12.3 Å². The fraction of sp³-hybridized carbons (Fsp3) is 1.00. The van der Waals surface area contributed by atoms with Gasteiger partial charge in [0.2, 0.25) is 0 Å². The van der Waals surface area contributed by atoms with Crippen LogP contribution in [0, 0.1) is 5.92 Å². The van der Waals surface area contributed by atoms with Gasteiger partial charge in [-0.1, -0.05) is 0 Å². The molecule has 0 spiro atoms. The van der Waals surface area contributed by atoms with Crippen LogP contribution in [0.3, 0.4) is 0 Å². The number of fused-ring (bicyclic) bond motifs is 2. The molecule has 1 unspecified atom stereocenters. The third-order valence-corrected chi connectivity index (χ3v) is 2.70. The second-order valence-electron chi connectivity index (χ2n) is 3.84. The monoisotopic (exact) mass is 126 g/mol. The van der Waals surface area contributed by atoms with Crippen molar-refractivity contribution in [1.29, 1.82) is 0 Å². The van der Waals surface area contributed by atoms with Gasteiger partial charge in [-0.15, -0.1) is 0 Å². The highest BCUT2D eigenvalue weighted by atomic mass is 14.8. The Hall–Kier alpha value is -0.0800. The largest absolute Gasteiger partial charge is 0.328 e. The molecule has 0 amide bonds. The molecule has 2 heteroatoms. The molecule has 4 N–H and O–H groups in total. The summed E-state index contributed by atoms with van der Waals surface area (Å²) in [6.07, 6.45) is 4.75. The van der Waals surface area contributed by atoms with Crippen LogP contribution in [0.15, 0.2) is 0 Å². The summed E-state index contributed by atoms with van der Waals surface area (Å²) in [7, 11) is 0. The highest BCUT2D eigenvalue weighted by Crippen LogP contribution is 2.46. The number of rotatable bonds is 0. The smallest absolute Gasteiger partial charge is 0.0174 e. The van der Waals surface area contributed by atoms with Crippen molar-refractivity contribution in [2.45, 2.75) is 37.3 Å². The summed E-state index contributed by atoms with van der Waals surface area (Å²) >= 11 is 0. The van der Waals surface area contributed by atoms with Gasteiger partial charge in [0, 0.05) is 11.6 Å². The number of hydrogen-bond donors (Lipinski definition) is 2. The average Bonchev–Trinajstić information content (AvgIpc) is 1.58. The van der Waals surface area contributed by atoms with Gasteiger partial charge in [0.05, 0.1) is 0 Å². The Labute approximate surface area is 55.6 Å². The maximum Gasteiger partial charge on any atom is 0.0174 e. The second-order valence-corrected chi connectivity index (χ2v) is 3.84. The minimum atomic E-state index is 0.169. The summed E-state index contributed by atoms with van der Waals surface area (Å²) < 4.78 is 0. The minimum absolute atomic E-state index is 0.169. The molecule has 0 aromatic heterocycles. The van der Waals surface area contributed by atoms with E-state index < -0.39 is 0 Å². The molecule has 2 bridgehead atoms. The Bertz CT molecular complexity index is 124. The molecule has 3 fully saturated rings. The standard InChI is InChI=1S/C7H14N2/c8-6-1-5-2-7(9,3-5)4-6/h5-6H,1-4,8-9H2. The van der Waals surface area contributed by atoms with Crippen LogP contribution in [0.4, 0.5) is 0 Å². The lowest BCUT2D eigenvalue weighted by Gasteiger charge is -2.52. The molecule has 0 saturated heterocycles. The van der Waals surface area contributed by atoms with Crippen LogP contribution < -0.4 is 11.5 Å². The highest BCUT2D eigenvalue weighted by molar-refractivity contribution is 5.05. The maximum absolute atomic E-state index is 5.95.